The van der Waals surface area contributed by atoms with Crippen molar-refractivity contribution in [2.75, 3.05) is 6.61 Å². The number of esters is 2. The van der Waals surface area contributed by atoms with Gasteiger partial charge in [-0.3, -0.25) is 14.4 Å². The Morgan fingerprint density at radius 3 is 2.71 bits per heavy atom. The highest BCUT2D eigenvalue weighted by Crippen LogP contribution is 2.78. The molecule has 168 valence electrons. The van der Waals surface area contributed by atoms with Crippen LogP contribution in [-0.2, 0) is 28.6 Å². The van der Waals surface area contributed by atoms with Crippen LogP contribution in [-0.4, -0.2) is 41.6 Å². The molecule has 6 nitrogen and oxygen atoms in total. The zero-order valence-electron chi connectivity index (χ0n) is 18.7. The molecule has 0 radical (unpaired) electrons. The molecule has 2 aliphatic heterocycles. The van der Waals surface area contributed by atoms with Crippen molar-refractivity contribution in [3.8, 4) is 0 Å². The lowest BCUT2D eigenvalue weighted by Gasteiger charge is -2.58. The zero-order valence-corrected chi connectivity index (χ0v) is 18.7. The van der Waals surface area contributed by atoms with Gasteiger partial charge in [-0.15, -0.1) is 0 Å². The first-order valence-electron chi connectivity index (χ1n) is 12.0. The fourth-order valence-corrected chi connectivity index (χ4v) is 8.78. The summed E-state index contributed by atoms with van der Waals surface area (Å²) in [4.78, 5) is 37.7. The topological polar surface area (TPSA) is 82.2 Å². The Morgan fingerprint density at radius 1 is 1.19 bits per heavy atom. The standard InChI is InChI=1S/C25H32O6/c1-4-29-21(28)16-12-14-11-15(26)5-8-22(14,2)25-18(30-25)13-23(3)17(20(16)25)6-9-24(23)10-7-19(27)31-24/h11,16-18,20H,4-10,12-13H2,1-3H3/t16-,17+,18-,20+,22+,23+,24-,25-/m1/s1. The van der Waals surface area contributed by atoms with Gasteiger partial charge in [0.1, 0.15) is 11.2 Å². The van der Waals surface area contributed by atoms with E-state index in [-0.39, 0.29) is 52.4 Å². The van der Waals surface area contributed by atoms with Crippen molar-refractivity contribution in [1.29, 1.82) is 0 Å². The second-order valence-electron chi connectivity index (χ2n) is 11.2. The fourth-order valence-electron chi connectivity index (χ4n) is 8.78. The molecule has 6 aliphatic rings. The first-order chi connectivity index (χ1) is 14.7. The van der Waals surface area contributed by atoms with Crippen molar-refractivity contribution < 1.29 is 28.6 Å². The lowest BCUT2D eigenvalue weighted by Crippen LogP contribution is -2.63. The average Bonchev–Trinajstić information content (AvgIpc) is 3.20. The first-order valence-corrected chi connectivity index (χ1v) is 12.0. The number of ketones is 1. The maximum atomic E-state index is 13.3. The largest absolute Gasteiger partial charge is 0.466 e. The number of hydrogen-bond donors (Lipinski definition) is 0. The predicted octanol–water partition coefficient (Wildman–Crippen LogP) is 3.51. The number of ether oxygens (including phenoxy) is 3. The molecule has 2 saturated heterocycles. The molecule has 6 heteroatoms. The van der Waals surface area contributed by atoms with Gasteiger partial charge in [-0.25, -0.2) is 0 Å². The SMILES string of the molecule is CCOC(=O)[C@@H]1CC2=CC(=O)CC[C@]2(C)[C@@]23O[C@@H]2C[C@@]2(C)[C@@H](CC[C@@]24CCC(=O)O4)[C@H]13. The van der Waals surface area contributed by atoms with E-state index in [2.05, 4.69) is 13.8 Å². The van der Waals surface area contributed by atoms with Crippen molar-refractivity contribution in [3.05, 3.63) is 11.6 Å². The molecule has 5 fully saturated rings. The van der Waals surface area contributed by atoms with E-state index in [0.717, 1.165) is 37.7 Å². The molecule has 8 atom stereocenters. The van der Waals surface area contributed by atoms with Crippen molar-refractivity contribution >= 4 is 17.7 Å². The molecule has 0 aromatic carbocycles. The van der Waals surface area contributed by atoms with Gasteiger partial charge in [0.2, 0.25) is 0 Å². The van der Waals surface area contributed by atoms with Gasteiger partial charge in [-0.2, -0.15) is 0 Å². The minimum atomic E-state index is -0.425. The van der Waals surface area contributed by atoms with Gasteiger partial charge in [-0.05, 0) is 57.4 Å². The summed E-state index contributed by atoms with van der Waals surface area (Å²) in [5.41, 5.74) is -0.174. The summed E-state index contributed by atoms with van der Waals surface area (Å²) in [7, 11) is 0. The number of carbonyl (C=O) groups is 3. The molecule has 4 aliphatic carbocycles. The predicted molar refractivity (Wildman–Crippen MR) is 110 cm³/mol. The fraction of sp³-hybridized carbons (Fsp3) is 0.800. The quantitative estimate of drug-likeness (QED) is 0.494. The summed E-state index contributed by atoms with van der Waals surface area (Å²) < 4.78 is 18.3. The van der Waals surface area contributed by atoms with Crippen LogP contribution in [0.2, 0.25) is 0 Å². The van der Waals surface area contributed by atoms with E-state index in [1.807, 2.05) is 6.92 Å². The van der Waals surface area contributed by atoms with E-state index in [9.17, 15) is 14.4 Å². The lowest BCUT2D eigenvalue weighted by molar-refractivity contribution is -0.173. The Labute approximate surface area is 183 Å². The van der Waals surface area contributed by atoms with Gasteiger partial charge in [0.15, 0.2) is 5.78 Å². The Hall–Kier alpha value is -1.69. The summed E-state index contributed by atoms with van der Waals surface area (Å²) in [6, 6.07) is 0. The molecule has 3 saturated carbocycles. The minimum absolute atomic E-state index is 0.0318. The first kappa shape index (κ1) is 20.0. The maximum Gasteiger partial charge on any atom is 0.309 e. The van der Waals surface area contributed by atoms with Gasteiger partial charge < -0.3 is 14.2 Å². The van der Waals surface area contributed by atoms with Gasteiger partial charge in [0.25, 0.3) is 0 Å². The molecule has 0 unspecified atom stereocenters. The number of carbonyl (C=O) groups excluding carboxylic acids is 3. The molecule has 0 amide bonds. The van der Waals surface area contributed by atoms with Crippen molar-refractivity contribution in [2.24, 2.45) is 28.6 Å². The monoisotopic (exact) mass is 428 g/mol. The van der Waals surface area contributed by atoms with Crippen LogP contribution < -0.4 is 0 Å². The Bertz CT molecular complexity index is 923. The molecule has 6 rings (SSSR count). The number of fused-ring (bicyclic) bond motifs is 4. The minimum Gasteiger partial charge on any atom is -0.466 e. The summed E-state index contributed by atoms with van der Waals surface area (Å²) >= 11 is 0. The summed E-state index contributed by atoms with van der Waals surface area (Å²) in [5, 5.41) is 0. The van der Waals surface area contributed by atoms with E-state index in [4.69, 9.17) is 14.2 Å². The van der Waals surface area contributed by atoms with Gasteiger partial charge >= 0.3 is 11.9 Å². The van der Waals surface area contributed by atoms with E-state index >= 15 is 0 Å². The van der Waals surface area contributed by atoms with Gasteiger partial charge in [0.05, 0.1) is 18.6 Å². The van der Waals surface area contributed by atoms with E-state index in [0.29, 0.717) is 25.9 Å². The molecule has 0 N–H and O–H groups in total. The van der Waals surface area contributed by atoms with Crippen LogP contribution >= 0.6 is 0 Å². The Balaban J connectivity index is 1.48. The van der Waals surface area contributed by atoms with E-state index < -0.39 is 11.2 Å². The van der Waals surface area contributed by atoms with Crippen LogP contribution in [0, 0.1) is 28.6 Å². The molecular formula is C25H32O6. The summed E-state index contributed by atoms with van der Waals surface area (Å²) in [6.45, 7) is 6.71. The van der Waals surface area contributed by atoms with Gasteiger partial charge in [-0.1, -0.05) is 19.4 Å². The third-order valence-corrected chi connectivity index (χ3v) is 10.3. The summed E-state index contributed by atoms with van der Waals surface area (Å²) in [6.07, 6.45) is 7.64. The van der Waals surface area contributed by atoms with Crippen LogP contribution in [0.15, 0.2) is 11.6 Å². The van der Waals surface area contributed by atoms with Crippen LogP contribution in [0.5, 0.6) is 0 Å². The molecule has 0 aromatic rings. The van der Waals surface area contributed by atoms with Crippen molar-refractivity contribution in [1.82, 2.24) is 0 Å². The second kappa shape index (κ2) is 6.00. The normalized spacial score (nSPS) is 51.9. The molecule has 31 heavy (non-hydrogen) atoms. The van der Waals surface area contributed by atoms with Crippen LogP contribution in [0.1, 0.15) is 72.1 Å². The molecular weight excluding hydrogens is 396 g/mol. The van der Waals surface area contributed by atoms with Crippen molar-refractivity contribution in [3.63, 3.8) is 0 Å². The maximum absolute atomic E-state index is 13.3. The zero-order chi connectivity index (χ0) is 21.8. The molecule has 0 bridgehead atoms. The van der Waals surface area contributed by atoms with Crippen molar-refractivity contribution in [2.45, 2.75) is 89.4 Å². The van der Waals surface area contributed by atoms with Gasteiger partial charge in [0, 0.05) is 29.6 Å². The van der Waals surface area contributed by atoms with E-state index in [1.54, 1.807) is 6.08 Å². The third-order valence-electron chi connectivity index (χ3n) is 10.3. The number of epoxide rings is 1. The highest BCUT2D eigenvalue weighted by molar-refractivity contribution is 5.92. The molecule has 2 spiro atoms. The summed E-state index contributed by atoms with van der Waals surface area (Å²) in [5.74, 6) is -0.154. The molecule has 2 heterocycles. The van der Waals surface area contributed by atoms with Crippen LogP contribution in [0.25, 0.3) is 0 Å². The number of rotatable bonds is 2. The average molecular weight is 429 g/mol. The van der Waals surface area contributed by atoms with Crippen LogP contribution in [0.4, 0.5) is 0 Å². The Kier molecular flexibility index (Phi) is 3.86. The second-order valence-corrected chi connectivity index (χ2v) is 11.2. The highest BCUT2D eigenvalue weighted by atomic mass is 16.6. The Morgan fingerprint density at radius 2 is 2.00 bits per heavy atom. The smallest absolute Gasteiger partial charge is 0.309 e. The molecule has 0 aromatic heterocycles. The third kappa shape index (κ3) is 2.20. The lowest BCUT2D eigenvalue weighted by atomic mass is 9.43. The van der Waals surface area contributed by atoms with Crippen LogP contribution in [0.3, 0.4) is 0 Å². The highest BCUT2D eigenvalue weighted by Gasteiger charge is 2.83. The van der Waals surface area contributed by atoms with E-state index in [1.165, 1.54) is 0 Å². The number of hydrogen-bond acceptors (Lipinski definition) is 6.